The predicted octanol–water partition coefficient (Wildman–Crippen LogP) is 6.84. The lowest BCUT2D eigenvalue weighted by Gasteiger charge is -2.25. The minimum Gasteiger partial charge on any atom is -0.450 e. The number of fused-ring (bicyclic) bond motifs is 2. The quantitative estimate of drug-likeness (QED) is 0.304. The predicted molar refractivity (Wildman–Crippen MR) is 135 cm³/mol. The number of aryl methyl sites for hydroxylation is 3. The second-order valence-corrected chi connectivity index (χ2v) is 9.68. The molecule has 33 heavy (non-hydrogen) atoms. The Balaban J connectivity index is 1.81. The van der Waals surface area contributed by atoms with E-state index in [4.69, 9.17) is 16.0 Å². The number of hydrogen-bond donors (Lipinski definition) is 0. The molecular weight excluding hydrogens is 454 g/mol. The topological polar surface area (TPSA) is 50.5 Å². The molecule has 166 valence electrons. The van der Waals surface area contributed by atoms with Crippen molar-refractivity contribution in [3.63, 3.8) is 0 Å². The first-order valence-corrected chi connectivity index (χ1v) is 12.2. The average molecular weight is 476 g/mol. The molecule has 0 N–H and O–H groups in total. The number of anilines is 1. The number of halogens is 1. The van der Waals surface area contributed by atoms with Crippen LogP contribution in [0.4, 0.5) is 5.69 Å². The highest BCUT2D eigenvalue weighted by atomic mass is 35.5. The van der Waals surface area contributed by atoms with Gasteiger partial charge in [-0.3, -0.25) is 14.5 Å². The Morgan fingerprint density at radius 1 is 0.909 bits per heavy atom. The molecule has 0 bridgehead atoms. The van der Waals surface area contributed by atoms with Gasteiger partial charge in [0, 0.05) is 15.6 Å². The zero-order valence-corrected chi connectivity index (χ0v) is 20.3. The van der Waals surface area contributed by atoms with Crippen LogP contribution in [-0.2, 0) is 0 Å². The van der Waals surface area contributed by atoms with Crippen LogP contribution in [-0.4, -0.2) is 12.2 Å². The van der Waals surface area contributed by atoms with Gasteiger partial charge in [-0.25, -0.2) is 0 Å². The van der Waals surface area contributed by atoms with Crippen LogP contribution >= 0.6 is 23.4 Å². The smallest absolute Gasteiger partial charge is 0.295 e. The van der Waals surface area contributed by atoms with Crippen molar-refractivity contribution >= 4 is 45.9 Å². The third-order valence-corrected chi connectivity index (χ3v) is 7.50. The number of benzene rings is 3. The summed E-state index contributed by atoms with van der Waals surface area (Å²) in [4.78, 5) is 30.2. The van der Waals surface area contributed by atoms with Crippen LogP contribution in [0.5, 0.6) is 0 Å². The minimum absolute atomic E-state index is 0.0893. The maximum Gasteiger partial charge on any atom is 0.295 e. The van der Waals surface area contributed by atoms with Crippen LogP contribution in [0.25, 0.3) is 11.0 Å². The van der Waals surface area contributed by atoms with Gasteiger partial charge in [-0.15, -0.1) is 11.8 Å². The fourth-order valence-corrected chi connectivity index (χ4v) is 4.91. The van der Waals surface area contributed by atoms with Crippen LogP contribution in [0.1, 0.15) is 44.4 Å². The van der Waals surface area contributed by atoms with E-state index in [1.54, 1.807) is 22.7 Å². The Morgan fingerprint density at radius 2 is 1.61 bits per heavy atom. The molecule has 1 atom stereocenters. The summed E-state index contributed by atoms with van der Waals surface area (Å²) in [5.41, 5.74) is 4.99. The van der Waals surface area contributed by atoms with Crippen LogP contribution in [0.15, 0.2) is 68.7 Å². The van der Waals surface area contributed by atoms with Crippen molar-refractivity contribution in [3.8, 4) is 0 Å². The van der Waals surface area contributed by atoms with E-state index >= 15 is 0 Å². The molecule has 1 unspecified atom stereocenters. The molecule has 1 aliphatic heterocycles. The molecule has 4 nitrogen and oxygen atoms in total. The van der Waals surface area contributed by atoms with E-state index in [1.165, 1.54) is 0 Å². The lowest BCUT2D eigenvalue weighted by Crippen LogP contribution is -2.29. The minimum atomic E-state index is -0.607. The van der Waals surface area contributed by atoms with Crippen molar-refractivity contribution in [2.24, 2.45) is 0 Å². The molecule has 0 saturated carbocycles. The Bertz CT molecular complexity index is 1490. The van der Waals surface area contributed by atoms with Gasteiger partial charge in [-0.05, 0) is 85.7 Å². The fourth-order valence-electron chi connectivity index (χ4n) is 4.33. The second kappa shape index (κ2) is 8.08. The summed E-state index contributed by atoms with van der Waals surface area (Å²) in [6.45, 7) is 5.83. The molecule has 1 aromatic heterocycles. The monoisotopic (exact) mass is 475 g/mol. The van der Waals surface area contributed by atoms with Gasteiger partial charge in [-0.2, -0.15) is 0 Å². The molecule has 3 aromatic carbocycles. The Labute approximate surface area is 201 Å². The molecule has 0 saturated heterocycles. The molecule has 6 heteroatoms. The van der Waals surface area contributed by atoms with Gasteiger partial charge in [0.15, 0.2) is 5.43 Å². The van der Waals surface area contributed by atoms with Crippen molar-refractivity contribution in [1.82, 2.24) is 0 Å². The highest BCUT2D eigenvalue weighted by Gasteiger charge is 2.43. The van der Waals surface area contributed by atoms with E-state index in [2.05, 4.69) is 0 Å². The maximum atomic E-state index is 13.8. The summed E-state index contributed by atoms with van der Waals surface area (Å²) in [7, 11) is 0. The first-order chi connectivity index (χ1) is 15.8. The molecule has 5 rings (SSSR count). The largest absolute Gasteiger partial charge is 0.450 e. The molecule has 1 amide bonds. The van der Waals surface area contributed by atoms with Gasteiger partial charge < -0.3 is 4.42 Å². The third kappa shape index (κ3) is 3.47. The molecule has 0 spiro atoms. The molecule has 1 aliphatic rings. The van der Waals surface area contributed by atoms with Gasteiger partial charge in [0.25, 0.3) is 5.91 Å². The average Bonchev–Trinajstić information content (AvgIpc) is 3.10. The number of amides is 1. The van der Waals surface area contributed by atoms with E-state index in [-0.39, 0.29) is 17.1 Å². The van der Waals surface area contributed by atoms with E-state index < -0.39 is 6.04 Å². The molecule has 0 fully saturated rings. The zero-order chi connectivity index (χ0) is 23.4. The second-order valence-electron chi connectivity index (χ2n) is 8.39. The standard InChI is InChI=1S/C27H22ClNO3S/c1-14-5-8-18(13-21(14)28)29-24(17-6-9-19(33-4)10-7-17)23-25(30)20-11-15(2)16(3)12-22(20)32-26(23)27(29)31/h5-13,24H,1-4H3. The molecule has 0 radical (unpaired) electrons. The summed E-state index contributed by atoms with van der Waals surface area (Å²) in [6, 6.07) is 16.5. The number of carbonyl (C=O) groups excluding carboxylic acids is 1. The van der Waals surface area contributed by atoms with Crippen LogP contribution in [0.2, 0.25) is 5.02 Å². The molecular formula is C27H22ClNO3S. The van der Waals surface area contributed by atoms with Crippen molar-refractivity contribution in [2.75, 3.05) is 11.2 Å². The first-order valence-electron chi connectivity index (χ1n) is 10.6. The van der Waals surface area contributed by atoms with Gasteiger partial charge in [0.05, 0.1) is 17.0 Å². The Hall–Kier alpha value is -3.02. The summed E-state index contributed by atoms with van der Waals surface area (Å²) < 4.78 is 6.11. The number of hydrogen-bond acceptors (Lipinski definition) is 4. The highest BCUT2D eigenvalue weighted by Crippen LogP contribution is 2.42. The number of carbonyl (C=O) groups is 1. The van der Waals surface area contributed by atoms with Crippen LogP contribution in [0.3, 0.4) is 0 Å². The molecule has 2 heterocycles. The maximum absolute atomic E-state index is 13.8. The number of rotatable bonds is 3. The van der Waals surface area contributed by atoms with Crippen molar-refractivity contribution < 1.29 is 9.21 Å². The summed E-state index contributed by atoms with van der Waals surface area (Å²) >= 11 is 8.05. The van der Waals surface area contributed by atoms with Gasteiger partial charge in [0.2, 0.25) is 5.76 Å². The van der Waals surface area contributed by atoms with Crippen molar-refractivity contribution in [1.29, 1.82) is 0 Å². The number of thioether (sulfide) groups is 1. The number of nitrogens with zero attached hydrogens (tertiary/aromatic N) is 1. The van der Waals surface area contributed by atoms with Crippen molar-refractivity contribution in [2.45, 2.75) is 31.7 Å². The summed E-state index contributed by atoms with van der Waals surface area (Å²) in [5.74, 6) is -0.257. The highest BCUT2D eigenvalue weighted by molar-refractivity contribution is 7.98. The molecule has 4 aromatic rings. The summed E-state index contributed by atoms with van der Waals surface area (Å²) in [5, 5.41) is 1.04. The Kier molecular flexibility index (Phi) is 5.34. The first kappa shape index (κ1) is 21.8. The summed E-state index contributed by atoms with van der Waals surface area (Å²) in [6.07, 6.45) is 2.01. The van der Waals surface area contributed by atoms with E-state index in [0.29, 0.717) is 27.2 Å². The van der Waals surface area contributed by atoms with E-state index in [1.807, 2.05) is 75.6 Å². The van der Waals surface area contributed by atoms with Gasteiger partial charge in [-0.1, -0.05) is 29.8 Å². The van der Waals surface area contributed by atoms with Crippen molar-refractivity contribution in [3.05, 3.63) is 103 Å². The zero-order valence-electron chi connectivity index (χ0n) is 18.7. The van der Waals surface area contributed by atoms with Crippen LogP contribution < -0.4 is 10.3 Å². The third-order valence-electron chi connectivity index (χ3n) is 6.35. The normalized spacial score (nSPS) is 15.4. The van der Waals surface area contributed by atoms with Gasteiger partial charge >= 0.3 is 0 Å². The van der Waals surface area contributed by atoms with E-state index in [9.17, 15) is 9.59 Å². The fraction of sp³-hybridized carbons (Fsp3) is 0.185. The lowest BCUT2D eigenvalue weighted by molar-refractivity contribution is 0.0971. The Morgan fingerprint density at radius 3 is 2.27 bits per heavy atom. The molecule has 0 aliphatic carbocycles. The van der Waals surface area contributed by atoms with E-state index in [0.717, 1.165) is 27.1 Å². The van der Waals surface area contributed by atoms with Gasteiger partial charge in [0.1, 0.15) is 5.58 Å². The lowest BCUT2D eigenvalue weighted by atomic mass is 9.97. The SMILES string of the molecule is CSc1ccc(C2c3c(oc4cc(C)c(C)cc4c3=O)C(=O)N2c2ccc(C)c(Cl)c2)cc1. The van der Waals surface area contributed by atoms with Crippen LogP contribution in [0, 0.1) is 20.8 Å².